The SMILES string of the molecule is CC(C)c1cccc(-c2ccccc2)c1[N+](=O)[O-]. The molecule has 2 rings (SSSR count). The quantitative estimate of drug-likeness (QED) is 0.591. The molecule has 2 aromatic rings. The van der Waals surface area contributed by atoms with E-state index in [2.05, 4.69) is 0 Å². The summed E-state index contributed by atoms with van der Waals surface area (Å²) in [5.41, 5.74) is 2.57. The van der Waals surface area contributed by atoms with Gasteiger partial charge in [0, 0.05) is 5.56 Å². The predicted molar refractivity (Wildman–Crippen MR) is 72.6 cm³/mol. The molecular formula is C15H15NO2. The first kappa shape index (κ1) is 12.3. The summed E-state index contributed by atoms with van der Waals surface area (Å²) >= 11 is 0. The third-order valence-corrected chi connectivity index (χ3v) is 2.96. The van der Waals surface area contributed by atoms with Crippen molar-refractivity contribution in [1.82, 2.24) is 0 Å². The zero-order chi connectivity index (χ0) is 13.1. The molecule has 0 amide bonds. The van der Waals surface area contributed by atoms with Crippen LogP contribution in [0.3, 0.4) is 0 Å². The minimum atomic E-state index is -0.280. The predicted octanol–water partition coefficient (Wildman–Crippen LogP) is 4.39. The summed E-state index contributed by atoms with van der Waals surface area (Å²) in [6.45, 7) is 3.94. The van der Waals surface area contributed by atoms with Crippen LogP contribution < -0.4 is 0 Å². The molecule has 0 fully saturated rings. The first-order chi connectivity index (χ1) is 8.61. The fourth-order valence-electron chi connectivity index (χ4n) is 2.08. The van der Waals surface area contributed by atoms with Crippen molar-refractivity contribution in [2.24, 2.45) is 0 Å². The van der Waals surface area contributed by atoms with Gasteiger partial charge in [-0.05, 0) is 17.5 Å². The molecule has 0 spiro atoms. The van der Waals surface area contributed by atoms with Crippen LogP contribution in [-0.2, 0) is 0 Å². The van der Waals surface area contributed by atoms with Crippen LogP contribution in [0.25, 0.3) is 11.1 Å². The molecule has 0 N–H and O–H groups in total. The van der Waals surface area contributed by atoms with Gasteiger partial charge in [0.05, 0.1) is 10.5 Å². The number of nitro benzene ring substituents is 1. The highest BCUT2D eigenvalue weighted by molar-refractivity contribution is 5.75. The van der Waals surface area contributed by atoms with Gasteiger partial charge in [-0.1, -0.05) is 56.3 Å². The van der Waals surface area contributed by atoms with Gasteiger partial charge in [0.1, 0.15) is 0 Å². The minimum Gasteiger partial charge on any atom is -0.258 e. The molecule has 0 atom stereocenters. The second kappa shape index (κ2) is 5.00. The zero-order valence-electron chi connectivity index (χ0n) is 10.5. The van der Waals surface area contributed by atoms with Crippen LogP contribution in [0.5, 0.6) is 0 Å². The summed E-state index contributed by atoms with van der Waals surface area (Å²) in [7, 11) is 0. The highest BCUT2D eigenvalue weighted by atomic mass is 16.6. The molecule has 3 heteroatoms. The van der Waals surface area contributed by atoms with Gasteiger partial charge in [-0.25, -0.2) is 0 Å². The van der Waals surface area contributed by atoms with Crippen molar-refractivity contribution in [2.45, 2.75) is 19.8 Å². The Hall–Kier alpha value is -2.16. The number of para-hydroxylation sites is 1. The molecule has 0 aromatic heterocycles. The highest BCUT2D eigenvalue weighted by Crippen LogP contribution is 2.36. The van der Waals surface area contributed by atoms with Crippen molar-refractivity contribution in [1.29, 1.82) is 0 Å². The summed E-state index contributed by atoms with van der Waals surface area (Å²) in [5.74, 6) is 0.133. The molecule has 0 aliphatic rings. The molecular weight excluding hydrogens is 226 g/mol. The second-order valence-electron chi connectivity index (χ2n) is 4.52. The Morgan fingerprint density at radius 3 is 2.22 bits per heavy atom. The topological polar surface area (TPSA) is 43.1 Å². The molecule has 0 saturated heterocycles. The maximum Gasteiger partial charge on any atom is 0.280 e. The van der Waals surface area contributed by atoms with Gasteiger partial charge in [0.2, 0.25) is 0 Å². The molecule has 0 aliphatic carbocycles. The van der Waals surface area contributed by atoms with E-state index in [0.717, 1.165) is 11.1 Å². The molecule has 2 aromatic carbocycles. The number of hydrogen-bond acceptors (Lipinski definition) is 2. The van der Waals surface area contributed by atoms with E-state index in [4.69, 9.17) is 0 Å². The molecule has 0 bridgehead atoms. The van der Waals surface area contributed by atoms with Crippen molar-refractivity contribution in [3.8, 4) is 11.1 Å². The Labute approximate surface area is 106 Å². The fraction of sp³-hybridized carbons (Fsp3) is 0.200. The molecule has 18 heavy (non-hydrogen) atoms. The van der Waals surface area contributed by atoms with E-state index in [-0.39, 0.29) is 16.5 Å². The second-order valence-corrected chi connectivity index (χ2v) is 4.52. The third-order valence-electron chi connectivity index (χ3n) is 2.96. The number of rotatable bonds is 3. The van der Waals surface area contributed by atoms with Crippen LogP contribution in [0.1, 0.15) is 25.3 Å². The van der Waals surface area contributed by atoms with Crippen LogP contribution >= 0.6 is 0 Å². The molecule has 0 heterocycles. The molecule has 0 aliphatic heterocycles. The Morgan fingerprint density at radius 2 is 1.67 bits per heavy atom. The summed E-state index contributed by atoms with van der Waals surface area (Å²) in [6.07, 6.45) is 0. The van der Waals surface area contributed by atoms with Gasteiger partial charge in [-0.2, -0.15) is 0 Å². The minimum absolute atomic E-state index is 0.133. The van der Waals surface area contributed by atoms with Crippen LogP contribution in [0.2, 0.25) is 0 Å². The van der Waals surface area contributed by atoms with E-state index >= 15 is 0 Å². The molecule has 0 unspecified atom stereocenters. The van der Waals surface area contributed by atoms with Gasteiger partial charge in [-0.3, -0.25) is 10.1 Å². The lowest BCUT2D eigenvalue weighted by molar-refractivity contribution is -0.385. The van der Waals surface area contributed by atoms with Gasteiger partial charge in [0.15, 0.2) is 0 Å². The summed E-state index contributed by atoms with van der Waals surface area (Å²) in [4.78, 5) is 11.0. The van der Waals surface area contributed by atoms with E-state index in [9.17, 15) is 10.1 Å². The first-order valence-corrected chi connectivity index (χ1v) is 5.94. The first-order valence-electron chi connectivity index (χ1n) is 5.94. The summed E-state index contributed by atoms with van der Waals surface area (Å²) in [6, 6.07) is 15.0. The van der Waals surface area contributed by atoms with Crippen molar-refractivity contribution in [3.63, 3.8) is 0 Å². The van der Waals surface area contributed by atoms with Gasteiger partial charge >= 0.3 is 0 Å². The lowest BCUT2D eigenvalue weighted by Gasteiger charge is -2.10. The van der Waals surface area contributed by atoms with Crippen molar-refractivity contribution in [2.75, 3.05) is 0 Å². The van der Waals surface area contributed by atoms with E-state index in [1.165, 1.54) is 0 Å². The Morgan fingerprint density at radius 1 is 1.00 bits per heavy atom. The van der Waals surface area contributed by atoms with Gasteiger partial charge < -0.3 is 0 Å². The normalized spacial score (nSPS) is 10.6. The largest absolute Gasteiger partial charge is 0.280 e. The average molecular weight is 241 g/mol. The highest BCUT2D eigenvalue weighted by Gasteiger charge is 2.21. The average Bonchev–Trinajstić information content (AvgIpc) is 2.38. The number of nitrogens with zero attached hydrogens (tertiary/aromatic N) is 1. The van der Waals surface area contributed by atoms with Crippen molar-refractivity contribution < 1.29 is 4.92 Å². The standard InChI is InChI=1S/C15H15NO2/c1-11(2)13-9-6-10-14(15(13)16(17)18)12-7-4-3-5-8-12/h3-11H,1-2H3. The maximum atomic E-state index is 11.3. The van der Waals surface area contributed by atoms with Gasteiger partial charge in [0.25, 0.3) is 5.69 Å². The van der Waals surface area contributed by atoms with Crippen molar-refractivity contribution >= 4 is 5.69 Å². The molecule has 92 valence electrons. The van der Waals surface area contributed by atoms with Crippen LogP contribution in [0.15, 0.2) is 48.5 Å². The molecule has 0 radical (unpaired) electrons. The fourth-order valence-corrected chi connectivity index (χ4v) is 2.08. The third kappa shape index (κ3) is 2.25. The van der Waals surface area contributed by atoms with E-state index < -0.39 is 0 Å². The van der Waals surface area contributed by atoms with Crippen LogP contribution in [0, 0.1) is 10.1 Å². The Balaban J connectivity index is 2.68. The summed E-state index contributed by atoms with van der Waals surface area (Å²) in [5, 5.41) is 11.3. The van der Waals surface area contributed by atoms with Crippen molar-refractivity contribution in [3.05, 3.63) is 64.2 Å². The smallest absolute Gasteiger partial charge is 0.258 e. The Kier molecular flexibility index (Phi) is 3.42. The monoisotopic (exact) mass is 241 g/mol. The van der Waals surface area contributed by atoms with Crippen LogP contribution in [0.4, 0.5) is 5.69 Å². The lowest BCUT2D eigenvalue weighted by atomic mass is 9.94. The molecule has 0 saturated carbocycles. The molecule has 3 nitrogen and oxygen atoms in total. The number of benzene rings is 2. The zero-order valence-corrected chi connectivity index (χ0v) is 10.5. The maximum absolute atomic E-state index is 11.3. The lowest BCUT2D eigenvalue weighted by Crippen LogP contribution is -1.99. The van der Waals surface area contributed by atoms with Crippen LogP contribution in [-0.4, -0.2) is 4.92 Å². The Bertz CT molecular complexity index is 562. The van der Waals surface area contributed by atoms with E-state index in [0.29, 0.717) is 5.56 Å². The number of nitro groups is 1. The van der Waals surface area contributed by atoms with E-state index in [1.54, 1.807) is 6.07 Å². The van der Waals surface area contributed by atoms with E-state index in [1.807, 2.05) is 56.3 Å². The van der Waals surface area contributed by atoms with Gasteiger partial charge in [-0.15, -0.1) is 0 Å². The number of hydrogen-bond donors (Lipinski definition) is 0. The summed E-state index contributed by atoms with van der Waals surface area (Å²) < 4.78 is 0.